The van der Waals surface area contributed by atoms with Gasteiger partial charge in [-0.1, -0.05) is 31.5 Å². The average molecular weight is 542 g/mol. The minimum absolute atomic E-state index is 0.134. The van der Waals surface area contributed by atoms with Crippen LogP contribution in [0.3, 0.4) is 0 Å². The second kappa shape index (κ2) is 9.98. The Morgan fingerprint density at radius 1 is 1.00 bits per heavy atom. The quantitative estimate of drug-likeness (QED) is 0.156. The van der Waals surface area contributed by atoms with Gasteiger partial charge in [-0.2, -0.15) is 4.31 Å². The van der Waals surface area contributed by atoms with Gasteiger partial charge in [0.15, 0.2) is 28.4 Å². The topological polar surface area (TPSA) is 55.2 Å². The lowest BCUT2D eigenvalue weighted by atomic mass is 10.0. The molecule has 1 aliphatic heterocycles. The number of hydrogen-bond acceptors (Lipinski definition) is 4. The molecule has 11 heteroatoms. The fourth-order valence-corrected chi connectivity index (χ4v) is 7.88. The van der Waals surface area contributed by atoms with Crippen LogP contribution in [-0.2, 0) is 15.8 Å². The van der Waals surface area contributed by atoms with Gasteiger partial charge in [-0.3, -0.25) is 0 Å². The first kappa shape index (κ1) is 25.5. The number of fused-ring (bicyclic) bond motifs is 1. The van der Waals surface area contributed by atoms with E-state index in [1.807, 2.05) is 11.5 Å². The van der Waals surface area contributed by atoms with Crippen molar-refractivity contribution in [1.82, 2.24) is 13.9 Å². The maximum absolute atomic E-state index is 14.2. The molecule has 1 unspecified atom stereocenters. The number of aromatic nitrogens is 2. The van der Waals surface area contributed by atoms with Gasteiger partial charge >= 0.3 is 0 Å². The van der Waals surface area contributed by atoms with Gasteiger partial charge in [0.05, 0.1) is 15.9 Å². The number of rotatable bonds is 6. The lowest BCUT2D eigenvalue weighted by Crippen LogP contribution is -2.39. The highest BCUT2D eigenvalue weighted by atomic mass is 32.2. The monoisotopic (exact) mass is 541 g/mol. The fraction of sp³-hybridized carbons (Fsp3) is 0.480. The van der Waals surface area contributed by atoms with Crippen molar-refractivity contribution in [1.29, 1.82) is 0 Å². The van der Waals surface area contributed by atoms with Crippen molar-refractivity contribution < 1.29 is 26.0 Å². The Hall–Kier alpha value is -2.11. The van der Waals surface area contributed by atoms with Gasteiger partial charge in [0.2, 0.25) is 10.0 Å². The van der Waals surface area contributed by atoms with Crippen molar-refractivity contribution in [3.63, 3.8) is 0 Å². The van der Waals surface area contributed by atoms with E-state index >= 15 is 0 Å². The maximum Gasteiger partial charge on any atom is 0.243 e. The first-order valence-electron chi connectivity index (χ1n) is 12.1. The van der Waals surface area contributed by atoms with Crippen molar-refractivity contribution in [3.8, 4) is 0 Å². The number of benzene rings is 2. The van der Waals surface area contributed by atoms with E-state index in [9.17, 15) is 26.0 Å². The molecule has 1 aliphatic carbocycles. The molecule has 2 aromatic carbocycles. The van der Waals surface area contributed by atoms with Crippen molar-refractivity contribution >= 4 is 32.8 Å². The second-order valence-electron chi connectivity index (χ2n) is 9.71. The summed E-state index contributed by atoms with van der Waals surface area (Å²) in [5, 5.41) is 0.502. The lowest BCUT2D eigenvalue weighted by molar-refractivity contribution is 0.281. The Bertz CT molecular complexity index is 1400. The van der Waals surface area contributed by atoms with Gasteiger partial charge in [-0.25, -0.2) is 31.0 Å². The summed E-state index contributed by atoms with van der Waals surface area (Å²) >= 11 is 1.09. The summed E-state index contributed by atoms with van der Waals surface area (Å²) in [7, 11) is -3.67. The number of halogens is 4. The molecular formula is C25H27F4N3O2S2. The van der Waals surface area contributed by atoms with Crippen LogP contribution >= 0.6 is 11.8 Å². The predicted molar refractivity (Wildman–Crippen MR) is 130 cm³/mol. The van der Waals surface area contributed by atoms with E-state index in [0.29, 0.717) is 35.7 Å². The number of hydrogen-bond donors (Lipinski definition) is 0. The molecule has 194 valence electrons. The van der Waals surface area contributed by atoms with E-state index in [2.05, 4.69) is 4.98 Å². The molecule has 1 saturated carbocycles. The Kier molecular flexibility index (Phi) is 7.08. The van der Waals surface area contributed by atoms with E-state index in [-0.39, 0.29) is 22.3 Å². The third-order valence-electron chi connectivity index (χ3n) is 7.11. The molecule has 1 atom stereocenters. The van der Waals surface area contributed by atoms with Gasteiger partial charge in [-0.05, 0) is 55.9 Å². The second-order valence-corrected chi connectivity index (χ2v) is 12.6. The Balaban J connectivity index is 1.51. The van der Waals surface area contributed by atoms with Crippen LogP contribution in [0.25, 0.3) is 11.0 Å². The fourth-order valence-electron chi connectivity index (χ4n) is 5.22. The minimum atomic E-state index is -3.67. The van der Waals surface area contributed by atoms with Gasteiger partial charge in [0, 0.05) is 30.4 Å². The summed E-state index contributed by atoms with van der Waals surface area (Å²) in [5.74, 6) is -6.41. The molecule has 0 radical (unpaired) electrons. The Labute approximate surface area is 211 Å². The first-order valence-corrected chi connectivity index (χ1v) is 14.6. The highest BCUT2D eigenvalue weighted by Gasteiger charge is 2.30. The Morgan fingerprint density at radius 2 is 1.75 bits per heavy atom. The zero-order chi connectivity index (χ0) is 25.6. The number of imidazole rings is 1. The van der Waals surface area contributed by atoms with Crippen LogP contribution in [0.4, 0.5) is 17.6 Å². The van der Waals surface area contributed by atoms with Crippen LogP contribution in [0.1, 0.15) is 57.1 Å². The highest BCUT2D eigenvalue weighted by Crippen LogP contribution is 2.38. The van der Waals surface area contributed by atoms with Crippen LogP contribution in [-0.4, -0.2) is 35.4 Å². The number of thioether (sulfide) groups is 1. The van der Waals surface area contributed by atoms with Crippen molar-refractivity contribution in [2.24, 2.45) is 5.92 Å². The molecule has 5 rings (SSSR count). The predicted octanol–water partition coefficient (Wildman–Crippen LogP) is 6.42. The minimum Gasteiger partial charge on any atom is -0.316 e. The summed E-state index contributed by atoms with van der Waals surface area (Å²) in [5.41, 5.74) is 0.948. The smallest absolute Gasteiger partial charge is 0.243 e. The van der Waals surface area contributed by atoms with E-state index in [1.54, 1.807) is 18.2 Å². The third kappa shape index (κ3) is 4.65. The molecule has 5 nitrogen and oxygen atoms in total. The first-order chi connectivity index (χ1) is 17.2. The molecule has 1 saturated heterocycles. The lowest BCUT2D eigenvalue weighted by Gasteiger charge is -2.30. The van der Waals surface area contributed by atoms with Crippen LogP contribution in [0.15, 0.2) is 34.3 Å². The van der Waals surface area contributed by atoms with Gasteiger partial charge in [-0.15, -0.1) is 0 Å². The van der Waals surface area contributed by atoms with E-state index in [4.69, 9.17) is 0 Å². The van der Waals surface area contributed by atoms with Crippen LogP contribution in [0.5, 0.6) is 0 Å². The Morgan fingerprint density at radius 3 is 2.47 bits per heavy atom. The summed E-state index contributed by atoms with van der Waals surface area (Å²) in [6, 6.07) is 5.71. The summed E-state index contributed by atoms with van der Waals surface area (Å²) in [6.07, 6.45) is 5.73. The molecule has 3 aromatic rings. The van der Waals surface area contributed by atoms with Gasteiger partial charge in [0.25, 0.3) is 0 Å². The van der Waals surface area contributed by atoms with Crippen molar-refractivity contribution in [2.45, 2.75) is 67.3 Å². The number of nitrogens with zero attached hydrogens (tertiary/aromatic N) is 3. The molecule has 1 aromatic heterocycles. The van der Waals surface area contributed by atoms with Gasteiger partial charge in [0.1, 0.15) is 0 Å². The molecule has 2 aliphatic rings. The maximum atomic E-state index is 14.2. The van der Waals surface area contributed by atoms with E-state index in [1.165, 1.54) is 4.31 Å². The van der Waals surface area contributed by atoms with Crippen molar-refractivity contribution in [3.05, 3.63) is 53.1 Å². The third-order valence-corrected chi connectivity index (χ3v) is 9.97. The highest BCUT2D eigenvalue weighted by molar-refractivity contribution is 7.98. The molecule has 2 heterocycles. The van der Waals surface area contributed by atoms with E-state index in [0.717, 1.165) is 55.8 Å². The number of piperidine rings is 1. The van der Waals surface area contributed by atoms with E-state index < -0.39 is 33.3 Å². The standard InChI is InChI=1S/C25H27F4N3O2S2/c1-15-5-4-10-31(13-15)36(33,34)18-8-9-21-20(12-18)30-25(32(21)17-6-2-3-7-17)35-14-16-11-19(26)23(28)24(29)22(16)27/h8-9,11-12,15,17H,2-7,10,13-14H2,1H3. The molecule has 36 heavy (non-hydrogen) atoms. The zero-order valence-electron chi connectivity index (χ0n) is 19.8. The molecule has 0 spiro atoms. The van der Waals surface area contributed by atoms with Crippen LogP contribution in [0, 0.1) is 29.2 Å². The SMILES string of the molecule is CC1CCCN(S(=O)(=O)c2ccc3c(c2)nc(SCc2cc(F)c(F)c(F)c2F)n3C2CCCC2)C1. The molecule has 0 N–H and O–H groups in total. The molecular weight excluding hydrogens is 514 g/mol. The molecule has 2 fully saturated rings. The number of sulfonamides is 1. The van der Waals surface area contributed by atoms with Crippen molar-refractivity contribution in [2.75, 3.05) is 13.1 Å². The molecule has 0 amide bonds. The normalized spacial score (nSPS) is 20.0. The van der Waals surface area contributed by atoms with Crippen LogP contribution in [0.2, 0.25) is 0 Å². The zero-order valence-corrected chi connectivity index (χ0v) is 21.4. The molecule has 0 bridgehead atoms. The summed E-state index contributed by atoms with van der Waals surface area (Å²) < 4.78 is 85.2. The largest absolute Gasteiger partial charge is 0.316 e. The summed E-state index contributed by atoms with van der Waals surface area (Å²) in [4.78, 5) is 4.83. The summed E-state index contributed by atoms with van der Waals surface area (Å²) in [6.45, 7) is 3.01. The van der Waals surface area contributed by atoms with Crippen LogP contribution < -0.4 is 0 Å². The van der Waals surface area contributed by atoms with Gasteiger partial charge < -0.3 is 4.57 Å². The average Bonchev–Trinajstić information content (AvgIpc) is 3.51.